The molecular weight excluding hydrogens is 238 g/mol. The van der Waals surface area contributed by atoms with Gasteiger partial charge in [0.2, 0.25) is 0 Å². The van der Waals surface area contributed by atoms with Gasteiger partial charge in [0.25, 0.3) is 5.69 Å². The first-order chi connectivity index (χ1) is 8.40. The van der Waals surface area contributed by atoms with Gasteiger partial charge < -0.3 is 4.74 Å². The second-order valence-corrected chi connectivity index (χ2v) is 3.56. The van der Waals surface area contributed by atoms with E-state index in [4.69, 9.17) is 4.74 Å². The Kier molecular flexibility index (Phi) is 4.31. The van der Waals surface area contributed by atoms with Gasteiger partial charge in [0, 0.05) is 18.2 Å². The third-order valence-corrected chi connectivity index (χ3v) is 1.97. The van der Waals surface area contributed by atoms with Gasteiger partial charge in [0.15, 0.2) is 5.78 Å². The van der Waals surface area contributed by atoms with Crippen LogP contribution in [0.3, 0.4) is 0 Å². The predicted molar refractivity (Wildman–Crippen MR) is 62.9 cm³/mol. The lowest BCUT2D eigenvalue weighted by Crippen LogP contribution is -2.04. The van der Waals surface area contributed by atoms with Crippen LogP contribution in [0.25, 0.3) is 0 Å². The smallest absolute Gasteiger partial charge is 0.343 e. The molecule has 6 heteroatoms. The molecule has 0 radical (unpaired) electrons. The molecule has 0 aliphatic heterocycles. The molecule has 0 atom stereocenters. The first-order valence-corrected chi connectivity index (χ1v) is 5.05. The summed E-state index contributed by atoms with van der Waals surface area (Å²) in [7, 11) is 0. The summed E-state index contributed by atoms with van der Waals surface area (Å²) in [5, 5.41) is 10.4. The Labute approximate surface area is 103 Å². The maximum absolute atomic E-state index is 11.6. The second kappa shape index (κ2) is 5.72. The number of rotatable bonds is 4. The Morgan fingerprint density at radius 1 is 1.22 bits per heavy atom. The van der Waals surface area contributed by atoms with Crippen molar-refractivity contribution in [3.63, 3.8) is 0 Å². The van der Waals surface area contributed by atoms with Gasteiger partial charge in [-0.3, -0.25) is 14.9 Å². The average Bonchev–Trinajstić information content (AvgIpc) is 2.27. The highest BCUT2D eigenvalue weighted by molar-refractivity contribution is 5.92. The van der Waals surface area contributed by atoms with Gasteiger partial charge in [-0.05, 0) is 26.0 Å². The van der Waals surface area contributed by atoms with Crippen LogP contribution in [0.2, 0.25) is 0 Å². The van der Waals surface area contributed by atoms with Crippen LogP contribution < -0.4 is 0 Å². The highest BCUT2D eigenvalue weighted by atomic mass is 16.6. The molecule has 0 aliphatic carbocycles. The van der Waals surface area contributed by atoms with Gasteiger partial charge in [-0.25, -0.2) is 4.79 Å². The molecule has 1 rings (SSSR count). The number of hydrogen-bond acceptors (Lipinski definition) is 5. The molecule has 0 aromatic heterocycles. The molecule has 0 bridgehead atoms. The van der Waals surface area contributed by atoms with Gasteiger partial charge >= 0.3 is 5.97 Å². The van der Waals surface area contributed by atoms with Crippen LogP contribution in [-0.4, -0.2) is 16.7 Å². The van der Waals surface area contributed by atoms with Gasteiger partial charge in [-0.15, -0.1) is 0 Å². The predicted octanol–water partition coefficient (Wildman–Crippen LogP) is 2.24. The summed E-state index contributed by atoms with van der Waals surface area (Å²) >= 11 is 0. The molecular formula is C12H11NO5. The molecule has 0 unspecified atom stereocenters. The monoisotopic (exact) mass is 249 g/mol. The van der Waals surface area contributed by atoms with Crippen molar-refractivity contribution in [3.8, 4) is 0 Å². The van der Waals surface area contributed by atoms with Gasteiger partial charge in [-0.1, -0.05) is 0 Å². The number of nitro benzene ring substituents is 1. The van der Waals surface area contributed by atoms with E-state index in [2.05, 4.69) is 0 Å². The molecule has 0 heterocycles. The first kappa shape index (κ1) is 13.6. The number of nitrogens with zero attached hydrogens (tertiary/aromatic N) is 1. The number of benzene rings is 1. The third kappa shape index (κ3) is 3.82. The number of esters is 1. The van der Waals surface area contributed by atoms with E-state index in [-0.39, 0.29) is 22.8 Å². The number of allylic oxidation sites excluding steroid dienone is 2. The fourth-order valence-electron chi connectivity index (χ4n) is 1.24. The number of ether oxygens (including phenoxy) is 1. The van der Waals surface area contributed by atoms with E-state index in [1.165, 1.54) is 44.2 Å². The molecule has 0 amide bonds. The van der Waals surface area contributed by atoms with Crippen molar-refractivity contribution < 1.29 is 19.2 Å². The summed E-state index contributed by atoms with van der Waals surface area (Å²) in [4.78, 5) is 32.2. The van der Waals surface area contributed by atoms with Crippen LogP contribution in [0.5, 0.6) is 0 Å². The minimum atomic E-state index is -0.667. The zero-order valence-electron chi connectivity index (χ0n) is 9.88. The van der Waals surface area contributed by atoms with E-state index in [9.17, 15) is 19.7 Å². The summed E-state index contributed by atoms with van der Waals surface area (Å²) < 4.78 is 4.88. The minimum Gasteiger partial charge on any atom is -0.428 e. The van der Waals surface area contributed by atoms with Gasteiger partial charge in [0.1, 0.15) is 5.76 Å². The molecule has 0 fully saturated rings. The molecule has 0 saturated heterocycles. The Bertz CT molecular complexity index is 516. The maximum Gasteiger partial charge on any atom is 0.343 e. The van der Waals surface area contributed by atoms with Crippen LogP contribution in [0, 0.1) is 10.1 Å². The normalized spacial score (nSPS) is 10.9. The van der Waals surface area contributed by atoms with E-state index in [1.54, 1.807) is 0 Å². The SMILES string of the molecule is CC(=O)/C=C(\C)OC(=O)c1ccc([N+](=O)[O-])cc1. The minimum absolute atomic E-state index is 0.109. The van der Waals surface area contributed by atoms with Crippen LogP contribution >= 0.6 is 0 Å². The topological polar surface area (TPSA) is 86.5 Å². The molecule has 0 N–H and O–H groups in total. The zero-order chi connectivity index (χ0) is 13.7. The number of carbonyl (C=O) groups excluding carboxylic acids is 2. The Morgan fingerprint density at radius 3 is 2.22 bits per heavy atom. The van der Waals surface area contributed by atoms with Crippen LogP contribution in [0.4, 0.5) is 5.69 Å². The number of hydrogen-bond donors (Lipinski definition) is 0. The van der Waals surface area contributed by atoms with E-state index in [0.29, 0.717) is 0 Å². The Hall–Kier alpha value is -2.50. The summed E-state index contributed by atoms with van der Waals surface area (Å²) in [6, 6.07) is 5.00. The lowest BCUT2D eigenvalue weighted by atomic mass is 10.2. The number of non-ortho nitro benzene ring substituents is 1. The lowest BCUT2D eigenvalue weighted by Gasteiger charge is -2.03. The van der Waals surface area contributed by atoms with Crippen molar-refractivity contribution in [3.05, 3.63) is 51.8 Å². The molecule has 0 spiro atoms. The standard InChI is InChI=1S/C12H11NO5/c1-8(14)7-9(2)18-12(15)10-3-5-11(6-4-10)13(16)17/h3-7H,1-2H3/b9-7+. The fourth-order valence-corrected chi connectivity index (χ4v) is 1.24. The van der Waals surface area contributed by atoms with E-state index in [1.807, 2.05) is 0 Å². The fraction of sp³-hybridized carbons (Fsp3) is 0.167. The number of nitro groups is 1. The summed E-state index contributed by atoms with van der Waals surface area (Å²) in [5.74, 6) is -0.727. The lowest BCUT2D eigenvalue weighted by molar-refractivity contribution is -0.384. The molecule has 0 saturated carbocycles. The number of ketones is 1. The van der Waals surface area contributed by atoms with Gasteiger partial charge in [0.05, 0.1) is 10.5 Å². The van der Waals surface area contributed by atoms with Crippen LogP contribution in [0.1, 0.15) is 24.2 Å². The summed E-state index contributed by atoms with van der Waals surface area (Å²) in [6.45, 7) is 2.81. The second-order valence-electron chi connectivity index (χ2n) is 3.56. The van der Waals surface area contributed by atoms with E-state index < -0.39 is 10.9 Å². The molecule has 18 heavy (non-hydrogen) atoms. The molecule has 1 aromatic rings. The van der Waals surface area contributed by atoms with Crippen molar-refractivity contribution >= 4 is 17.4 Å². The Morgan fingerprint density at radius 2 is 1.78 bits per heavy atom. The van der Waals surface area contributed by atoms with Crippen molar-refractivity contribution in [2.24, 2.45) is 0 Å². The van der Waals surface area contributed by atoms with Crippen molar-refractivity contribution in [2.45, 2.75) is 13.8 Å². The molecule has 6 nitrogen and oxygen atoms in total. The maximum atomic E-state index is 11.6. The average molecular weight is 249 g/mol. The van der Waals surface area contributed by atoms with Crippen LogP contribution in [0.15, 0.2) is 36.1 Å². The largest absolute Gasteiger partial charge is 0.428 e. The summed E-state index contributed by atoms with van der Waals surface area (Å²) in [6.07, 6.45) is 1.18. The first-order valence-electron chi connectivity index (χ1n) is 5.05. The van der Waals surface area contributed by atoms with E-state index >= 15 is 0 Å². The van der Waals surface area contributed by atoms with Crippen molar-refractivity contribution in [2.75, 3.05) is 0 Å². The number of carbonyl (C=O) groups is 2. The zero-order valence-corrected chi connectivity index (χ0v) is 9.88. The highest BCUT2D eigenvalue weighted by Crippen LogP contribution is 2.13. The van der Waals surface area contributed by atoms with Gasteiger partial charge in [-0.2, -0.15) is 0 Å². The molecule has 94 valence electrons. The molecule has 1 aromatic carbocycles. The third-order valence-electron chi connectivity index (χ3n) is 1.97. The van der Waals surface area contributed by atoms with Crippen molar-refractivity contribution in [1.29, 1.82) is 0 Å². The summed E-state index contributed by atoms with van der Waals surface area (Å²) in [5.41, 5.74) is 0.0689. The Balaban J connectivity index is 2.79. The highest BCUT2D eigenvalue weighted by Gasteiger charge is 2.11. The van der Waals surface area contributed by atoms with Crippen LogP contribution in [-0.2, 0) is 9.53 Å². The molecule has 0 aliphatic rings. The quantitative estimate of drug-likeness (QED) is 0.268. The van der Waals surface area contributed by atoms with E-state index in [0.717, 1.165) is 0 Å². The van der Waals surface area contributed by atoms with Crippen molar-refractivity contribution in [1.82, 2.24) is 0 Å².